The fourth-order valence-corrected chi connectivity index (χ4v) is 7.79. The van der Waals surface area contributed by atoms with E-state index < -0.39 is 0 Å². The van der Waals surface area contributed by atoms with Crippen LogP contribution in [0.15, 0.2) is 194 Å². The highest BCUT2D eigenvalue weighted by Crippen LogP contribution is 2.42. The lowest BCUT2D eigenvalue weighted by Crippen LogP contribution is -2.16. The van der Waals surface area contributed by atoms with Crippen LogP contribution in [0.25, 0.3) is 49.2 Å². The minimum absolute atomic E-state index is 0.826. The molecule has 0 atom stereocenters. The summed E-state index contributed by atoms with van der Waals surface area (Å²) in [5.74, 6) is 0. The highest BCUT2D eigenvalue weighted by Gasteiger charge is 2.24. The number of fused-ring (bicyclic) bond motifs is 5. The number of anilines is 5. The number of hydrogen-bond acceptors (Lipinski definition) is 2. The number of rotatable bonds is 6. The first-order chi connectivity index (χ1) is 25.2. The zero-order valence-electron chi connectivity index (χ0n) is 28.1. The second-order valence-corrected chi connectivity index (χ2v) is 13.5. The van der Waals surface area contributed by atoms with Gasteiger partial charge in [-0.2, -0.15) is 0 Å². The molecule has 0 amide bonds. The normalized spacial score (nSPS) is 12.4. The summed E-state index contributed by atoms with van der Waals surface area (Å²) in [6.45, 7) is 0. The van der Waals surface area contributed by atoms with Crippen LogP contribution in [0, 0.1) is 0 Å². The van der Waals surface area contributed by atoms with Gasteiger partial charge in [0, 0.05) is 40.6 Å². The lowest BCUT2D eigenvalue weighted by molar-refractivity contribution is 1.08. The molecule has 0 N–H and O–H groups in total. The summed E-state index contributed by atoms with van der Waals surface area (Å²) in [4.78, 5) is 4.85. The minimum atomic E-state index is 0.826. The van der Waals surface area contributed by atoms with E-state index in [1.54, 1.807) is 0 Å². The molecule has 1 aliphatic rings. The first-order valence-electron chi connectivity index (χ1n) is 17.6. The van der Waals surface area contributed by atoms with Gasteiger partial charge in [0.15, 0.2) is 0 Å². The molecule has 0 unspecified atom stereocenters. The van der Waals surface area contributed by atoms with Crippen LogP contribution >= 0.6 is 0 Å². The highest BCUT2D eigenvalue weighted by molar-refractivity contribution is 5.94. The minimum Gasteiger partial charge on any atom is -0.314 e. The van der Waals surface area contributed by atoms with Crippen LogP contribution in [-0.4, -0.2) is 0 Å². The van der Waals surface area contributed by atoms with Crippen molar-refractivity contribution in [1.29, 1.82) is 0 Å². The molecule has 0 radical (unpaired) electrons. The molecule has 2 heteroatoms. The molecular weight excluding hydrogens is 617 g/mol. The van der Waals surface area contributed by atoms with Crippen molar-refractivity contribution in [3.63, 3.8) is 0 Å². The smallest absolute Gasteiger partial charge is 0.0468 e. The molecule has 9 aromatic carbocycles. The average molecular weight is 651 g/mol. The zero-order chi connectivity index (χ0) is 33.7. The Hall–Kier alpha value is -6.64. The Morgan fingerprint density at radius 3 is 1.04 bits per heavy atom. The summed E-state index contributed by atoms with van der Waals surface area (Å²) in [5, 5.41) is 9.90. The van der Waals surface area contributed by atoms with Crippen molar-refractivity contribution in [2.24, 2.45) is 0 Å². The van der Waals surface area contributed by atoms with Crippen molar-refractivity contribution in [1.82, 2.24) is 0 Å². The Labute approximate surface area is 297 Å². The highest BCUT2D eigenvalue weighted by atomic mass is 15.2. The van der Waals surface area contributed by atoms with Crippen molar-refractivity contribution in [3.05, 3.63) is 205 Å². The lowest BCUT2D eigenvalue weighted by atomic mass is 10.0. The molecule has 0 fully saturated rings. The summed E-state index contributed by atoms with van der Waals surface area (Å²) in [5.41, 5.74) is 9.60. The fraction of sp³-hybridized carbons (Fsp3) is 0.0204. The van der Waals surface area contributed by atoms with E-state index in [9.17, 15) is 0 Å². The van der Waals surface area contributed by atoms with Gasteiger partial charge in [-0.1, -0.05) is 127 Å². The van der Waals surface area contributed by atoms with Crippen LogP contribution in [-0.2, 0) is 6.42 Å². The van der Waals surface area contributed by atoms with E-state index in [1.807, 2.05) is 0 Å². The Morgan fingerprint density at radius 1 is 0.294 bits per heavy atom. The van der Waals surface area contributed by atoms with Crippen molar-refractivity contribution < 1.29 is 0 Å². The van der Waals surface area contributed by atoms with Crippen LogP contribution in [0.2, 0.25) is 0 Å². The summed E-state index contributed by atoms with van der Waals surface area (Å²) in [6, 6.07) is 68.6. The maximum Gasteiger partial charge on any atom is 0.0468 e. The quantitative estimate of drug-likeness (QED) is 0.177. The summed E-state index contributed by atoms with van der Waals surface area (Å²) < 4.78 is 0. The van der Waals surface area contributed by atoms with Gasteiger partial charge in [0.2, 0.25) is 0 Å². The summed E-state index contributed by atoms with van der Waals surface area (Å²) in [6.07, 6.45) is 3.20. The number of benzene rings is 9. The maximum absolute atomic E-state index is 2.45. The Bertz CT molecular complexity index is 2650. The van der Waals surface area contributed by atoms with Gasteiger partial charge in [0.05, 0.1) is 0 Å². The molecule has 240 valence electrons. The molecule has 0 bridgehead atoms. The molecule has 9 aromatic rings. The predicted octanol–water partition coefficient (Wildman–Crippen LogP) is 13.5. The van der Waals surface area contributed by atoms with E-state index in [0.29, 0.717) is 0 Å². The molecule has 51 heavy (non-hydrogen) atoms. The van der Waals surface area contributed by atoms with Crippen LogP contribution < -0.4 is 9.80 Å². The zero-order valence-corrected chi connectivity index (χ0v) is 28.1. The summed E-state index contributed by atoms with van der Waals surface area (Å²) in [7, 11) is 0. The van der Waals surface area contributed by atoms with Gasteiger partial charge in [0.1, 0.15) is 0 Å². The molecule has 0 saturated carbocycles. The maximum atomic E-state index is 2.45. The third kappa shape index (κ3) is 5.29. The number of nitrogens with zero attached hydrogens (tertiary/aromatic N) is 2. The molecule has 0 aromatic heterocycles. The monoisotopic (exact) mass is 650 g/mol. The number of allylic oxidation sites excluding steroid dienone is 1. The van der Waals surface area contributed by atoms with Crippen LogP contribution in [0.1, 0.15) is 11.1 Å². The van der Waals surface area contributed by atoms with Crippen LogP contribution in [0.4, 0.5) is 28.4 Å². The predicted molar refractivity (Wildman–Crippen MR) is 218 cm³/mol. The number of hydrogen-bond donors (Lipinski definition) is 0. The SMILES string of the molecule is C1=C(N(c2ccc3ccccc3c2)c2ccc3ccccc3c2)Cc2cc(N(c3ccc4ccccc4c3)c3ccc4ccccc4c3)ccc21. The Balaban J connectivity index is 1.08. The molecule has 2 nitrogen and oxygen atoms in total. The van der Waals surface area contributed by atoms with Gasteiger partial charge < -0.3 is 9.80 Å². The molecular formula is C49H34N2. The second kappa shape index (κ2) is 12.0. The van der Waals surface area contributed by atoms with E-state index in [2.05, 4.69) is 204 Å². The van der Waals surface area contributed by atoms with Crippen molar-refractivity contribution in [2.75, 3.05) is 9.80 Å². The van der Waals surface area contributed by atoms with Crippen LogP contribution in [0.3, 0.4) is 0 Å². The molecule has 0 heterocycles. The average Bonchev–Trinajstić information content (AvgIpc) is 3.61. The topological polar surface area (TPSA) is 6.48 Å². The third-order valence-corrected chi connectivity index (χ3v) is 10.3. The van der Waals surface area contributed by atoms with E-state index in [-0.39, 0.29) is 0 Å². The van der Waals surface area contributed by atoms with Crippen LogP contribution in [0.5, 0.6) is 0 Å². The molecule has 0 spiro atoms. The first-order valence-corrected chi connectivity index (χ1v) is 17.6. The summed E-state index contributed by atoms with van der Waals surface area (Å²) >= 11 is 0. The van der Waals surface area contributed by atoms with Crippen molar-refractivity contribution in [3.8, 4) is 0 Å². The molecule has 1 aliphatic carbocycles. The van der Waals surface area contributed by atoms with Crippen molar-refractivity contribution in [2.45, 2.75) is 6.42 Å². The molecule has 10 rings (SSSR count). The van der Waals surface area contributed by atoms with E-state index in [1.165, 1.54) is 59.9 Å². The van der Waals surface area contributed by atoms with Gasteiger partial charge >= 0.3 is 0 Å². The van der Waals surface area contributed by atoms with Gasteiger partial charge in [-0.05, 0) is 121 Å². The fourth-order valence-electron chi connectivity index (χ4n) is 7.79. The molecule has 0 aliphatic heterocycles. The standard InChI is InChI=1S/C49H34N2/c1-5-13-38-27-44(22-17-34(38)9-1)50(45-23-18-35-10-2-6-14-39(35)28-45)48-26-21-42-31-49(33-43(42)32-48)51(46-24-19-36-11-3-7-15-40(36)29-46)47-25-20-37-12-4-8-16-41(37)30-47/h1-32H,33H2. The largest absolute Gasteiger partial charge is 0.314 e. The third-order valence-electron chi connectivity index (χ3n) is 10.3. The van der Waals surface area contributed by atoms with E-state index in [0.717, 1.165) is 34.9 Å². The second-order valence-electron chi connectivity index (χ2n) is 13.5. The lowest BCUT2D eigenvalue weighted by Gasteiger charge is -2.28. The van der Waals surface area contributed by atoms with Gasteiger partial charge in [-0.15, -0.1) is 0 Å². The van der Waals surface area contributed by atoms with Gasteiger partial charge in [-0.3, -0.25) is 0 Å². The Morgan fingerprint density at radius 2 is 0.627 bits per heavy atom. The van der Waals surface area contributed by atoms with Gasteiger partial charge in [0.25, 0.3) is 0 Å². The molecule has 0 saturated heterocycles. The van der Waals surface area contributed by atoms with Gasteiger partial charge in [-0.25, -0.2) is 0 Å². The van der Waals surface area contributed by atoms with E-state index in [4.69, 9.17) is 0 Å². The van der Waals surface area contributed by atoms with Crippen molar-refractivity contribution >= 4 is 77.6 Å². The van der Waals surface area contributed by atoms with E-state index >= 15 is 0 Å². The Kier molecular flexibility index (Phi) is 6.92. The first kappa shape index (κ1) is 29.3.